The van der Waals surface area contributed by atoms with Crippen molar-refractivity contribution in [3.05, 3.63) is 66.4 Å². The number of aromatic nitrogens is 1. The third-order valence-electron chi connectivity index (χ3n) is 4.86. The Bertz CT molecular complexity index is 1230. The summed E-state index contributed by atoms with van der Waals surface area (Å²) >= 11 is 0. The second-order valence-corrected chi connectivity index (χ2v) is 9.05. The van der Waals surface area contributed by atoms with Gasteiger partial charge in [-0.1, -0.05) is 6.07 Å². The fourth-order valence-corrected chi connectivity index (χ4v) is 4.29. The molecule has 1 fully saturated rings. The highest BCUT2D eigenvalue weighted by atomic mass is 32.2. The molecule has 1 amide bonds. The second-order valence-electron chi connectivity index (χ2n) is 7.33. The molecular formula is C22H21N3O5S. The van der Waals surface area contributed by atoms with Gasteiger partial charge in [0.2, 0.25) is 10.0 Å². The normalized spacial score (nSPS) is 14.7. The van der Waals surface area contributed by atoms with E-state index in [-0.39, 0.29) is 16.5 Å². The van der Waals surface area contributed by atoms with Gasteiger partial charge in [0.25, 0.3) is 5.91 Å². The SMILES string of the molecule is CC(OC(=O)c1ccc(S(=O)(=O)NC2CC2)cc1)C(=O)Nc1cccc2ncccc12. The number of nitrogens with one attached hydrogen (secondary N) is 2. The number of carbonyl (C=O) groups is 2. The summed E-state index contributed by atoms with van der Waals surface area (Å²) in [7, 11) is -3.60. The molecule has 2 aromatic carbocycles. The lowest BCUT2D eigenvalue weighted by Crippen LogP contribution is -2.30. The number of nitrogens with zero attached hydrogens (tertiary/aromatic N) is 1. The lowest BCUT2D eigenvalue weighted by atomic mass is 10.1. The van der Waals surface area contributed by atoms with Gasteiger partial charge in [-0.15, -0.1) is 0 Å². The lowest BCUT2D eigenvalue weighted by molar-refractivity contribution is -0.123. The van der Waals surface area contributed by atoms with E-state index in [1.165, 1.54) is 31.2 Å². The molecule has 1 atom stereocenters. The standard InChI is InChI=1S/C22H21N3O5S/c1-14(21(26)24-20-6-2-5-19-18(20)4-3-13-23-19)30-22(27)15-7-11-17(12-8-15)31(28,29)25-16-9-10-16/h2-8,11-14,16,25H,9-10H2,1H3,(H,24,26). The van der Waals surface area contributed by atoms with Gasteiger partial charge in [-0.2, -0.15) is 0 Å². The molecule has 0 spiro atoms. The molecule has 0 aliphatic heterocycles. The minimum absolute atomic E-state index is 0.00785. The quantitative estimate of drug-likeness (QED) is 0.547. The average Bonchev–Trinajstić information content (AvgIpc) is 3.57. The predicted molar refractivity (Wildman–Crippen MR) is 115 cm³/mol. The van der Waals surface area contributed by atoms with Crippen molar-refractivity contribution in [2.24, 2.45) is 0 Å². The number of carbonyl (C=O) groups excluding carboxylic acids is 2. The molecule has 0 saturated heterocycles. The molecule has 3 aromatic rings. The largest absolute Gasteiger partial charge is 0.449 e. The minimum atomic E-state index is -3.60. The summed E-state index contributed by atoms with van der Waals surface area (Å²) in [5.74, 6) is -1.21. The van der Waals surface area contributed by atoms with Crippen LogP contribution in [0.3, 0.4) is 0 Å². The maximum atomic E-state index is 12.5. The molecule has 0 bridgehead atoms. The summed E-state index contributed by atoms with van der Waals surface area (Å²) in [6.07, 6.45) is 2.27. The van der Waals surface area contributed by atoms with E-state index in [0.717, 1.165) is 23.7 Å². The summed E-state index contributed by atoms with van der Waals surface area (Å²) < 4.78 is 32.3. The maximum absolute atomic E-state index is 12.5. The number of fused-ring (bicyclic) bond motifs is 1. The predicted octanol–water partition coefficient (Wildman–Crippen LogP) is 2.86. The van der Waals surface area contributed by atoms with Crippen LogP contribution in [0.4, 0.5) is 5.69 Å². The number of benzene rings is 2. The van der Waals surface area contributed by atoms with Crippen LogP contribution < -0.4 is 10.0 Å². The van der Waals surface area contributed by atoms with Crippen molar-refractivity contribution in [2.45, 2.75) is 36.8 Å². The highest BCUT2D eigenvalue weighted by Gasteiger charge is 2.28. The summed E-state index contributed by atoms with van der Waals surface area (Å²) in [6, 6.07) is 14.4. The number of anilines is 1. The van der Waals surface area contributed by atoms with Crippen LogP contribution in [-0.2, 0) is 19.6 Å². The molecule has 1 unspecified atom stereocenters. The number of pyridine rings is 1. The molecule has 1 aromatic heterocycles. The monoisotopic (exact) mass is 439 g/mol. The van der Waals surface area contributed by atoms with E-state index in [2.05, 4.69) is 15.0 Å². The Morgan fingerprint density at radius 2 is 1.81 bits per heavy atom. The van der Waals surface area contributed by atoms with Crippen molar-refractivity contribution in [3.8, 4) is 0 Å². The fraction of sp³-hybridized carbons (Fsp3) is 0.227. The third-order valence-corrected chi connectivity index (χ3v) is 6.39. The van der Waals surface area contributed by atoms with E-state index in [0.29, 0.717) is 5.69 Å². The molecule has 1 aliphatic carbocycles. The molecule has 2 N–H and O–H groups in total. The van der Waals surface area contributed by atoms with E-state index in [1.54, 1.807) is 24.4 Å². The molecule has 0 radical (unpaired) electrons. The van der Waals surface area contributed by atoms with Crippen LogP contribution in [0.1, 0.15) is 30.1 Å². The van der Waals surface area contributed by atoms with E-state index in [9.17, 15) is 18.0 Å². The number of esters is 1. The number of hydrogen-bond acceptors (Lipinski definition) is 6. The van der Waals surface area contributed by atoms with Crippen molar-refractivity contribution in [1.29, 1.82) is 0 Å². The van der Waals surface area contributed by atoms with E-state index < -0.39 is 28.0 Å². The number of ether oxygens (including phenoxy) is 1. The van der Waals surface area contributed by atoms with Gasteiger partial charge < -0.3 is 10.1 Å². The van der Waals surface area contributed by atoms with Crippen LogP contribution in [0.25, 0.3) is 10.9 Å². The van der Waals surface area contributed by atoms with E-state index in [4.69, 9.17) is 4.74 Å². The van der Waals surface area contributed by atoms with Gasteiger partial charge in [0, 0.05) is 17.6 Å². The van der Waals surface area contributed by atoms with Gasteiger partial charge in [0.1, 0.15) is 0 Å². The lowest BCUT2D eigenvalue weighted by Gasteiger charge is -2.15. The second kappa shape index (κ2) is 8.44. The molecule has 1 heterocycles. The van der Waals surface area contributed by atoms with Crippen molar-refractivity contribution in [1.82, 2.24) is 9.71 Å². The molecular weight excluding hydrogens is 418 g/mol. The molecule has 8 nitrogen and oxygen atoms in total. The van der Waals surface area contributed by atoms with Gasteiger partial charge in [0.05, 0.1) is 21.7 Å². The fourth-order valence-electron chi connectivity index (χ4n) is 2.99. The van der Waals surface area contributed by atoms with E-state index >= 15 is 0 Å². The van der Waals surface area contributed by atoms with Crippen molar-refractivity contribution < 1.29 is 22.7 Å². The first kappa shape index (κ1) is 21.0. The summed E-state index contributed by atoms with van der Waals surface area (Å²) in [5.41, 5.74) is 1.45. The Labute approximate surface area is 179 Å². The number of amides is 1. The first-order valence-corrected chi connectivity index (χ1v) is 11.3. The first-order valence-electron chi connectivity index (χ1n) is 9.81. The molecule has 31 heavy (non-hydrogen) atoms. The molecule has 9 heteroatoms. The van der Waals surface area contributed by atoms with Crippen LogP contribution >= 0.6 is 0 Å². The Balaban J connectivity index is 1.40. The summed E-state index contributed by atoms with van der Waals surface area (Å²) in [4.78, 5) is 29.2. The van der Waals surface area contributed by atoms with Crippen molar-refractivity contribution >= 4 is 38.5 Å². The first-order chi connectivity index (χ1) is 14.8. The van der Waals surface area contributed by atoms with Gasteiger partial charge in [-0.3, -0.25) is 9.78 Å². The third kappa shape index (κ3) is 4.89. The van der Waals surface area contributed by atoms with Crippen LogP contribution in [0.5, 0.6) is 0 Å². The van der Waals surface area contributed by atoms with Gasteiger partial charge >= 0.3 is 5.97 Å². The smallest absolute Gasteiger partial charge is 0.338 e. The van der Waals surface area contributed by atoms with E-state index in [1.807, 2.05) is 12.1 Å². The van der Waals surface area contributed by atoms with Gasteiger partial charge in [-0.05, 0) is 68.3 Å². The number of rotatable bonds is 7. The van der Waals surface area contributed by atoms with Crippen LogP contribution in [0.2, 0.25) is 0 Å². The Hall–Kier alpha value is -3.30. The van der Waals surface area contributed by atoms with Crippen LogP contribution in [0.15, 0.2) is 65.7 Å². The number of hydrogen-bond donors (Lipinski definition) is 2. The Morgan fingerprint density at radius 1 is 1.06 bits per heavy atom. The van der Waals surface area contributed by atoms with Gasteiger partial charge in [0.15, 0.2) is 6.10 Å². The van der Waals surface area contributed by atoms with Crippen LogP contribution in [-0.4, -0.2) is 37.4 Å². The summed E-state index contributed by atoms with van der Waals surface area (Å²) in [5, 5.41) is 3.52. The summed E-state index contributed by atoms with van der Waals surface area (Å²) in [6.45, 7) is 1.47. The van der Waals surface area contributed by atoms with Crippen molar-refractivity contribution in [2.75, 3.05) is 5.32 Å². The molecule has 160 valence electrons. The maximum Gasteiger partial charge on any atom is 0.338 e. The molecule has 4 rings (SSSR count). The highest BCUT2D eigenvalue weighted by Crippen LogP contribution is 2.23. The Morgan fingerprint density at radius 3 is 2.52 bits per heavy atom. The zero-order valence-electron chi connectivity index (χ0n) is 16.7. The topological polar surface area (TPSA) is 114 Å². The number of sulfonamides is 1. The highest BCUT2D eigenvalue weighted by molar-refractivity contribution is 7.89. The van der Waals surface area contributed by atoms with Crippen LogP contribution in [0, 0.1) is 0 Å². The molecule has 1 aliphatic rings. The average molecular weight is 439 g/mol. The Kier molecular flexibility index (Phi) is 5.71. The zero-order valence-corrected chi connectivity index (χ0v) is 17.6. The van der Waals surface area contributed by atoms with Crippen molar-refractivity contribution in [3.63, 3.8) is 0 Å². The minimum Gasteiger partial charge on any atom is -0.449 e. The molecule has 1 saturated carbocycles. The van der Waals surface area contributed by atoms with Gasteiger partial charge in [-0.25, -0.2) is 17.9 Å². The zero-order chi connectivity index (χ0) is 22.0.